The first kappa shape index (κ1) is 15.0. The third-order valence-corrected chi connectivity index (χ3v) is 3.00. The van der Waals surface area contributed by atoms with Gasteiger partial charge in [-0.25, -0.2) is 0 Å². The second-order valence-corrected chi connectivity index (χ2v) is 5.19. The highest BCUT2D eigenvalue weighted by molar-refractivity contribution is 5.94. The van der Waals surface area contributed by atoms with Crippen molar-refractivity contribution < 1.29 is 9.53 Å². The van der Waals surface area contributed by atoms with Crippen LogP contribution in [0.1, 0.15) is 35.3 Å². The molecule has 0 aliphatic carbocycles. The van der Waals surface area contributed by atoms with Crippen LogP contribution in [0.15, 0.2) is 42.7 Å². The molecule has 1 amide bonds. The topological polar surface area (TPSA) is 51.2 Å². The third-order valence-electron chi connectivity index (χ3n) is 3.00. The Bertz CT molecular complexity index is 609. The third kappa shape index (κ3) is 4.31. The number of benzene rings is 1. The first-order chi connectivity index (χ1) is 10.1. The van der Waals surface area contributed by atoms with Crippen LogP contribution < -0.4 is 10.1 Å². The van der Waals surface area contributed by atoms with Gasteiger partial charge in [-0.15, -0.1) is 0 Å². The quantitative estimate of drug-likeness (QED) is 0.918. The number of hydrogen-bond donors (Lipinski definition) is 1. The molecule has 0 aliphatic rings. The van der Waals surface area contributed by atoms with Gasteiger partial charge in [-0.3, -0.25) is 9.78 Å². The van der Waals surface area contributed by atoms with E-state index in [4.69, 9.17) is 4.74 Å². The summed E-state index contributed by atoms with van der Waals surface area (Å²) in [6.07, 6.45) is 3.54. The fraction of sp³-hybridized carbons (Fsp3) is 0.294. The molecule has 0 aliphatic heterocycles. The molecule has 1 N–H and O–H groups in total. The van der Waals surface area contributed by atoms with Gasteiger partial charge in [-0.2, -0.15) is 0 Å². The number of nitrogens with one attached hydrogen (secondary N) is 1. The fourth-order valence-corrected chi connectivity index (χ4v) is 1.96. The highest BCUT2D eigenvalue weighted by Gasteiger charge is 2.09. The predicted octanol–water partition coefficient (Wildman–Crippen LogP) is 3.11. The monoisotopic (exact) mass is 284 g/mol. The summed E-state index contributed by atoms with van der Waals surface area (Å²) in [5.74, 6) is 0.724. The minimum Gasteiger partial charge on any atom is -0.491 e. The molecule has 0 saturated heterocycles. The minimum atomic E-state index is -0.0917. The zero-order valence-electron chi connectivity index (χ0n) is 12.6. The van der Waals surface area contributed by atoms with Gasteiger partial charge >= 0.3 is 0 Å². The zero-order valence-corrected chi connectivity index (χ0v) is 12.6. The van der Waals surface area contributed by atoms with Crippen LogP contribution in [0.3, 0.4) is 0 Å². The van der Waals surface area contributed by atoms with Crippen LogP contribution in [0.5, 0.6) is 5.75 Å². The minimum absolute atomic E-state index is 0.0917. The van der Waals surface area contributed by atoms with E-state index in [0.717, 1.165) is 16.9 Å². The molecule has 0 bridgehead atoms. The standard InChI is InChI=1S/C17H20N2O2/c1-12(2)21-16-5-4-15(10-13(16)3)17(20)19-11-14-6-8-18-9-7-14/h4-10,12H,11H2,1-3H3,(H,19,20). The number of aryl methyl sites for hydroxylation is 1. The van der Waals surface area contributed by atoms with Crippen molar-refractivity contribution >= 4 is 5.91 Å². The maximum Gasteiger partial charge on any atom is 0.251 e. The van der Waals surface area contributed by atoms with Crippen LogP contribution in [-0.4, -0.2) is 17.0 Å². The van der Waals surface area contributed by atoms with Gasteiger partial charge in [0, 0.05) is 24.5 Å². The van der Waals surface area contributed by atoms with Gasteiger partial charge in [0.25, 0.3) is 5.91 Å². The van der Waals surface area contributed by atoms with Gasteiger partial charge < -0.3 is 10.1 Å². The first-order valence-corrected chi connectivity index (χ1v) is 7.00. The number of rotatable bonds is 5. The molecule has 2 aromatic rings. The summed E-state index contributed by atoms with van der Waals surface area (Å²) in [5.41, 5.74) is 2.62. The van der Waals surface area contributed by atoms with E-state index in [-0.39, 0.29) is 12.0 Å². The number of aromatic nitrogens is 1. The molecule has 0 atom stereocenters. The lowest BCUT2D eigenvalue weighted by Gasteiger charge is -2.13. The summed E-state index contributed by atoms with van der Waals surface area (Å²) < 4.78 is 5.67. The normalized spacial score (nSPS) is 10.5. The average molecular weight is 284 g/mol. The van der Waals surface area contributed by atoms with Crippen LogP contribution in [0, 0.1) is 6.92 Å². The summed E-state index contributed by atoms with van der Waals surface area (Å²) in [4.78, 5) is 16.1. The van der Waals surface area contributed by atoms with E-state index in [1.807, 2.05) is 45.0 Å². The summed E-state index contributed by atoms with van der Waals surface area (Å²) in [6, 6.07) is 9.24. The van der Waals surface area contributed by atoms with E-state index < -0.39 is 0 Å². The van der Waals surface area contributed by atoms with E-state index in [9.17, 15) is 4.79 Å². The van der Waals surface area contributed by atoms with Crippen molar-refractivity contribution in [3.8, 4) is 5.75 Å². The second-order valence-electron chi connectivity index (χ2n) is 5.19. The molecule has 1 heterocycles. The van der Waals surface area contributed by atoms with Crippen molar-refractivity contribution in [2.45, 2.75) is 33.4 Å². The molecule has 4 heteroatoms. The van der Waals surface area contributed by atoms with E-state index >= 15 is 0 Å². The van der Waals surface area contributed by atoms with Gasteiger partial charge in [0.05, 0.1) is 6.10 Å². The van der Waals surface area contributed by atoms with Crippen LogP contribution >= 0.6 is 0 Å². The Kier molecular flexibility index (Phi) is 4.93. The molecule has 1 aromatic carbocycles. The van der Waals surface area contributed by atoms with Crippen LogP contribution in [0.2, 0.25) is 0 Å². The summed E-state index contributed by atoms with van der Waals surface area (Å²) in [6.45, 7) is 6.39. The van der Waals surface area contributed by atoms with Gasteiger partial charge in [0.2, 0.25) is 0 Å². The molecule has 1 aromatic heterocycles. The molecule has 2 rings (SSSR count). The van der Waals surface area contributed by atoms with Gasteiger partial charge in [-0.1, -0.05) is 0 Å². The summed E-state index contributed by atoms with van der Waals surface area (Å²) >= 11 is 0. The van der Waals surface area contributed by atoms with Gasteiger partial charge in [0.1, 0.15) is 5.75 Å². The smallest absolute Gasteiger partial charge is 0.251 e. The Morgan fingerprint density at radius 2 is 1.95 bits per heavy atom. The first-order valence-electron chi connectivity index (χ1n) is 7.00. The van der Waals surface area contributed by atoms with Crippen molar-refractivity contribution in [2.75, 3.05) is 0 Å². The molecule has 0 unspecified atom stereocenters. The number of ether oxygens (including phenoxy) is 1. The lowest BCUT2D eigenvalue weighted by atomic mass is 10.1. The van der Waals surface area contributed by atoms with Gasteiger partial charge in [0.15, 0.2) is 0 Å². The number of amides is 1. The maximum absolute atomic E-state index is 12.1. The Morgan fingerprint density at radius 1 is 1.24 bits per heavy atom. The molecular weight excluding hydrogens is 264 g/mol. The molecule has 0 spiro atoms. The molecule has 0 radical (unpaired) electrons. The molecule has 4 nitrogen and oxygen atoms in total. The molecule has 110 valence electrons. The van der Waals surface area contributed by atoms with Gasteiger partial charge in [-0.05, 0) is 62.2 Å². The lowest BCUT2D eigenvalue weighted by molar-refractivity contribution is 0.0950. The van der Waals surface area contributed by atoms with Crippen molar-refractivity contribution in [1.82, 2.24) is 10.3 Å². The number of nitrogens with zero attached hydrogens (tertiary/aromatic N) is 1. The molecule has 0 saturated carbocycles. The number of carbonyl (C=O) groups is 1. The van der Waals surface area contributed by atoms with Crippen molar-refractivity contribution in [1.29, 1.82) is 0 Å². The lowest BCUT2D eigenvalue weighted by Crippen LogP contribution is -2.22. The van der Waals surface area contributed by atoms with Crippen molar-refractivity contribution in [3.63, 3.8) is 0 Å². The number of carbonyl (C=O) groups excluding carboxylic acids is 1. The molecule has 21 heavy (non-hydrogen) atoms. The highest BCUT2D eigenvalue weighted by atomic mass is 16.5. The van der Waals surface area contributed by atoms with Crippen molar-refractivity contribution in [2.24, 2.45) is 0 Å². The van der Waals surface area contributed by atoms with Crippen molar-refractivity contribution in [3.05, 3.63) is 59.4 Å². The summed E-state index contributed by atoms with van der Waals surface area (Å²) in [5, 5.41) is 2.90. The fourth-order valence-electron chi connectivity index (χ4n) is 1.96. The van der Waals surface area contributed by atoms with E-state index in [1.54, 1.807) is 18.5 Å². The summed E-state index contributed by atoms with van der Waals surface area (Å²) in [7, 11) is 0. The number of pyridine rings is 1. The Labute approximate surface area is 125 Å². The molecule has 0 fully saturated rings. The van der Waals surface area contributed by atoms with Crippen LogP contribution in [0.4, 0.5) is 0 Å². The Morgan fingerprint density at radius 3 is 2.57 bits per heavy atom. The van der Waals surface area contributed by atoms with E-state index in [1.165, 1.54) is 0 Å². The van der Waals surface area contributed by atoms with E-state index in [0.29, 0.717) is 12.1 Å². The Hall–Kier alpha value is -2.36. The largest absolute Gasteiger partial charge is 0.491 e. The molecular formula is C17H20N2O2. The highest BCUT2D eigenvalue weighted by Crippen LogP contribution is 2.20. The van der Waals surface area contributed by atoms with Crippen LogP contribution in [-0.2, 0) is 6.54 Å². The second kappa shape index (κ2) is 6.88. The number of hydrogen-bond acceptors (Lipinski definition) is 3. The SMILES string of the molecule is Cc1cc(C(=O)NCc2ccncc2)ccc1OC(C)C. The van der Waals surface area contributed by atoms with Crippen LogP contribution in [0.25, 0.3) is 0 Å². The van der Waals surface area contributed by atoms with E-state index in [2.05, 4.69) is 10.3 Å². The average Bonchev–Trinajstić information content (AvgIpc) is 2.47. The predicted molar refractivity (Wildman–Crippen MR) is 82.4 cm³/mol. The zero-order chi connectivity index (χ0) is 15.2. The Balaban J connectivity index is 2.01. The maximum atomic E-state index is 12.1.